The van der Waals surface area contributed by atoms with Gasteiger partial charge in [-0.1, -0.05) is 38.5 Å². The van der Waals surface area contributed by atoms with Crippen molar-refractivity contribution in [3.05, 3.63) is 0 Å². The van der Waals surface area contributed by atoms with Crippen LogP contribution in [-0.2, 0) is 9.59 Å². The summed E-state index contributed by atoms with van der Waals surface area (Å²) in [5, 5.41) is 15.8. The van der Waals surface area contributed by atoms with Crippen LogP contribution in [0.25, 0.3) is 0 Å². The van der Waals surface area contributed by atoms with E-state index in [0.717, 1.165) is 43.9 Å². The Hall–Kier alpha value is -1.64. The summed E-state index contributed by atoms with van der Waals surface area (Å²) in [6.45, 7) is 5.57. The highest BCUT2D eigenvalue weighted by molar-refractivity contribution is 7.99. The lowest BCUT2D eigenvalue weighted by Gasteiger charge is -2.32. The third-order valence-corrected chi connectivity index (χ3v) is 6.19. The summed E-state index contributed by atoms with van der Waals surface area (Å²) in [5.41, 5.74) is 0. The number of nitrogens with zero attached hydrogens (tertiary/aromatic N) is 5. The van der Waals surface area contributed by atoms with Crippen molar-refractivity contribution in [3.63, 3.8) is 0 Å². The quantitative estimate of drug-likeness (QED) is 0.712. The smallest absolute Gasteiger partial charge is 0.230 e. The number of hydrogen-bond acceptors (Lipinski definition) is 6. The largest absolute Gasteiger partial charge is 0.353 e. The Morgan fingerprint density at radius 3 is 2.56 bits per heavy atom. The lowest BCUT2D eigenvalue weighted by molar-refractivity contribution is -0.133. The molecule has 1 aromatic rings. The van der Waals surface area contributed by atoms with Crippen molar-refractivity contribution in [3.8, 4) is 0 Å². The van der Waals surface area contributed by atoms with Gasteiger partial charge >= 0.3 is 0 Å². The molecule has 3 rings (SSSR count). The molecule has 0 spiro atoms. The summed E-state index contributed by atoms with van der Waals surface area (Å²) in [7, 11) is 0. The van der Waals surface area contributed by atoms with E-state index in [9.17, 15) is 9.59 Å². The number of hydrogen-bond donors (Lipinski definition) is 1. The number of tetrazole rings is 1. The van der Waals surface area contributed by atoms with Gasteiger partial charge in [0.1, 0.15) is 0 Å². The van der Waals surface area contributed by atoms with Crippen molar-refractivity contribution in [1.82, 2.24) is 30.4 Å². The van der Waals surface area contributed by atoms with Crippen LogP contribution in [0.15, 0.2) is 5.16 Å². The van der Waals surface area contributed by atoms with Crippen LogP contribution in [0, 0.1) is 5.92 Å². The molecular weight excluding hydrogens is 364 g/mol. The molecular formula is C18H30N6O2S. The number of aromatic nitrogens is 4. The summed E-state index contributed by atoms with van der Waals surface area (Å²) < 4.78 is 1.88. The fourth-order valence-electron chi connectivity index (χ4n) is 3.81. The molecule has 1 aliphatic carbocycles. The van der Waals surface area contributed by atoms with Gasteiger partial charge in [-0.2, -0.15) is 0 Å². The lowest BCUT2D eigenvalue weighted by atomic mass is 10.0. The normalized spacial score (nSPS) is 19.0. The molecule has 1 aliphatic heterocycles. The van der Waals surface area contributed by atoms with E-state index < -0.39 is 0 Å². The summed E-state index contributed by atoms with van der Waals surface area (Å²) >= 11 is 1.40. The van der Waals surface area contributed by atoms with Gasteiger partial charge in [-0.15, -0.1) is 5.10 Å². The van der Waals surface area contributed by atoms with E-state index in [2.05, 4.69) is 34.7 Å². The van der Waals surface area contributed by atoms with E-state index in [0.29, 0.717) is 24.1 Å². The molecule has 150 valence electrons. The molecule has 8 nitrogen and oxygen atoms in total. The molecule has 0 bridgehead atoms. The Balaban J connectivity index is 1.39. The van der Waals surface area contributed by atoms with Gasteiger partial charge < -0.3 is 10.2 Å². The zero-order valence-electron chi connectivity index (χ0n) is 16.3. The summed E-state index contributed by atoms with van der Waals surface area (Å²) in [6.07, 6.45) is 6.89. The van der Waals surface area contributed by atoms with E-state index in [-0.39, 0.29) is 17.9 Å². The number of nitrogens with one attached hydrogen (secondary N) is 1. The first-order valence-corrected chi connectivity index (χ1v) is 11.0. The van der Waals surface area contributed by atoms with Crippen molar-refractivity contribution in [2.45, 2.75) is 76.0 Å². The van der Waals surface area contributed by atoms with E-state index in [1.807, 2.05) is 9.58 Å². The van der Waals surface area contributed by atoms with Crippen LogP contribution in [0.3, 0.4) is 0 Å². The van der Waals surface area contributed by atoms with Crippen LogP contribution in [0.2, 0.25) is 0 Å². The number of carbonyl (C=O) groups excluding carboxylic acids is 2. The minimum Gasteiger partial charge on any atom is -0.353 e. The van der Waals surface area contributed by atoms with Gasteiger partial charge in [-0.05, 0) is 42.0 Å². The number of thioether (sulfide) groups is 1. The SMILES string of the molecule is CC(C)CC(=O)N1CCC(NC(=O)CSc2nnnn2C2CCCC2)CC1. The molecule has 0 unspecified atom stereocenters. The van der Waals surface area contributed by atoms with E-state index in [1.165, 1.54) is 24.6 Å². The second kappa shape index (κ2) is 9.52. The minimum atomic E-state index is 0.00734. The second-order valence-electron chi connectivity index (χ2n) is 7.95. The fraction of sp³-hybridized carbons (Fsp3) is 0.833. The molecule has 2 fully saturated rings. The molecule has 0 radical (unpaired) electrons. The van der Waals surface area contributed by atoms with Gasteiger partial charge in [0.2, 0.25) is 17.0 Å². The average molecular weight is 395 g/mol. The number of piperidine rings is 1. The molecule has 1 saturated heterocycles. The summed E-state index contributed by atoms with van der Waals surface area (Å²) in [6, 6.07) is 0.519. The second-order valence-corrected chi connectivity index (χ2v) is 8.90. The van der Waals surface area contributed by atoms with Crippen LogP contribution in [0.1, 0.15) is 64.8 Å². The van der Waals surface area contributed by atoms with Gasteiger partial charge in [0.15, 0.2) is 0 Å². The molecule has 0 atom stereocenters. The van der Waals surface area contributed by atoms with Gasteiger partial charge in [0, 0.05) is 25.6 Å². The van der Waals surface area contributed by atoms with Crippen LogP contribution in [-0.4, -0.2) is 61.8 Å². The fourth-order valence-corrected chi connectivity index (χ4v) is 4.57. The first-order valence-electron chi connectivity index (χ1n) is 10.0. The first kappa shape index (κ1) is 20.1. The maximum atomic E-state index is 12.3. The van der Waals surface area contributed by atoms with Crippen molar-refractivity contribution in [2.24, 2.45) is 5.92 Å². The van der Waals surface area contributed by atoms with Crippen LogP contribution >= 0.6 is 11.8 Å². The molecule has 2 heterocycles. The number of carbonyl (C=O) groups is 2. The first-order chi connectivity index (χ1) is 13.0. The molecule has 1 aromatic heterocycles. The third-order valence-electron chi connectivity index (χ3n) is 5.26. The highest BCUT2D eigenvalue weighted by Crippen LogP contribution is 2.31. The van der Waals surface area contributed by atoms with E-state index in [1.54, 1.807) is 0 Å². The molecule has 1 N–H and O–H groups in total. The van der Waals surface area contributed by atoms with Gasteiger partial charge in [-0.25, -0.2) is 4.68 Å². The molecule has 1 saturated carbocycles. The number of likely N-dealkylation sites (tertiary alicyclic amines) is 1. The van der Waals surface area contributed by atoms with Crippen LogP contribution in [0.5, 0.6) is 0 Å². The molecule has 27 heavy (non-hydrogen) atoms. The van der Waals surface area contributed by atoms with Crippen molar-refractivity contribution < 1.29 is 9.59 Å². The highest BCUT2D eigenvalue weighted by atomic mass is 32.2. The number of amides is 2. The average Bonchev–Trinajstić information content (AvgIpc) is 3.31. The predicted octanol–water partition coefficient (Wildman–Crippen LogP) is 2.03. The molecule has 2 aliphatic rings. The van der Waals surface area contributed by atoms with Gasteiger partial charge in [0.05, 0.1) is 11.8 Å². The zero-order valence-corrected chi connectivity index (χ0v) is 17.1. The maximum absolute atomic E-state index is 12.3. The lowest BCUT2D eigenvalue weighted by Crippen LogP contribution is -2.47. The van der Waals surface area contributed by atoms with Gasteiger partial charge in [-0.3, -0.25) is 9.59 Å². The predicted molar refractivity (Wildman–Crippen MR) is 103 cm³/mol. The Labute approximate surface area is 164 Å². The van der Waals surface area contributed by atoms with Crippen LogP contribution in [0.4, 0.5) is 0 Å². The summed E-state index contributed by atoms with van der Waals surface area (Å²) in [4.78, 5) is 26.4. The molecule has 2 amide bonds. The van der Waals surface area contributed by atoms with Crippen LogP contribution < -0.4 is 5.32 Å². The highest BCUT2D eigenvalue weighted by Gasteiger charge is 2.25. The Bertz CT molecular complexity index is 636. The standard InChI is InChI=1S/C18H30N6O2S/c1-13(2)11-17(26)23-9-7-14(8-10-23)19-16(25)12-27-18-20-21-22-24(18)15-5-3-4-6-15/h13-15H,3-12H2,1-2H3,(H,19,25). The monoisotopic (exact) mass is 394 g/mol. The Morgan fingerprint density at radius 2 is 1.89 bits per heavy atom. The zero-order chi connectivity index (χ0) is 19.2. The Morgan fingerprint density at radius 1 is 1.19 bits per heavy atom. The van der Waals surface area contributed by atoms with Crippen molar-refractivity contribution in [2.75, 3.05) is 18.8 Å². The van der Waals surface area contributed by atoms with Crippen molar-refractivity contribution >= 4 is 23.6 Å². The maximum Gasteiger partial charge on any atom is 0.230 e. The topological polar surface area (TPSA) is 93.0 Å². The minimum absolute atomic E-state index is 0.00734. The summed E-state index contributed by atoms with van der Waals surface area (Å²) in [5.74, 6) is 0.935. The van der Waals surface area contributed by atoms with E-state index in [4.69, 9.17) is 0 Å². The van der Waals surface area contributed by atoms with Gasteiger partial charge in [0.25, 0.3) is 0 Å². The third kappa shape index (κ3) is 5.67. The van der Waals surface area contributed by atoms with E-state index >= 15 is 0 Å². The Kier molecular flexibility index (Phi) is 7.09. The molecule has 0 aromatic carbocycles. The van der Waals surface area contributed by atoms with Crippen molar-refractivity contribution in [1.29, 1.82) is 0 Å². The molecule has 9 heteroatoms. The number of rotatable bonds is 7.